The molecular weight excluding hydrogens is 580 g/mol. The lowest BCUT2D eigenvalue weighted by molar-refractivity contribution is -0.139. The van der Waals surface area contributed by atoms with Crippen LogP contribution in [0.2, 0.25) is 25.1 Å². The molecule has 2 rings (SSSR count). The van der Waals surface area contributed by atoms with Crippen LogP contribution in [0.5, 0.6) is 0 Å². The van der Waals surface area contributed by atoms with Crippen LogP contribution < -0.4 is 9.62 Å². The molecule has 0 aliphatic heterocycles. The van der Waals surface area contributed by atoms with Crippen molar-refractivity contribution in [2.75, 3.05) is 23.7 Å². The van der Waals surface area contributed by atoms with Gasteiger partial charge in [-0.1, -0.05) is 71.0 Å². The zero-order valence-corrected chi connectivity index (χ0v) is 23.7. The Morgan fingerprint density at radius 3 is 2.09 bits per heavy atom. The molecule has 0 unspecified atom stereocenters. The highest BCUT2D eigenvalue weighted by Crippen LogP contribution is 2.36. The molecule has 2 amide bonds. The van der Waals surface area contributed by atoms with Crippen LogP contribution in [0.4, 0.5) is 5.69 Å². The molecule has 2 aromatic carbocycles. The molecule has 0 saturated heterocycles. The summed E-state index contributed by atoms with van der Waals surface area (Å²) < 4.78 is 26.1. The number of benzene rings is 2. The summed E-state index contributed by atoms with van der Waals surface area (Å²) in [4.78, 5) is 27.5. The van der Waals surface area contributed by atoms with Crippen molar-refractivity contribution in [2.24, 2.45) is 0 Å². The second-order valence-corrected chi connectivity index (χ2v) is 11.6. The summed E-state index contributed by atoms with van der Waals surface area (Å²) in [5, 5.41) is 3.48. The fourth-order valence-corrected chi connectivity index (χ4v) is 5.19. The minimum Gasteiger partial charge on any atom is -0.354 e. The molecule has 0 aliphatic carbocycles. The van der Waals surface area contributed by atoms with Gasteiger partial charge in [-0.25, -0.2) is 8.42 Å². The van der Waals surface area contributed by atoms with E-state index in [4.69, 9.17) is 58.0 Å². The third kappa shape index (κ3) is 7.78. The second-order valence-electron chi connectivity index (χ2n) is 7.68. The third-order valence-electron chi connectivity index (χ3n) is 5.04. The molecule has 7 nitrogen and oxygen atoms in total. The average Bonchev–Trinajstić information content (AvgIpc) is 2.77. The number of hydrogen-bond acceptors (Lipinski definition) is 4. The van der Waals surface area contributed by atoms with E-state index in [1.54, 1.807) is 18.2 Å². The number of nitrogens with one attached hydrogen (secondary N) is 1. The Balaban J connectivity index is 2.50. The third-order valence-corrected chi connectivity index (χ3v) is 7.90. The molecule has 0 aliphatic rings. The molecule has 35 heavy (non-hydrogen) atoms. The normalized spacial score (nSPS) is 12.2. The molecule has 0 radical (unpaired) electrons. The summed E-state index contributed by atoms with van der Waals surface area (Å²) in [6, 6.07) is 6.43. The number of carbonyl (C=O) groups excluding carboxylic acids is 2. The van der Waals surface area contributed by atoms with Gasteiger partial charge < -0.3 is 10.2 Å². The molecule has 0 saturated carbocycles. The van der Waals surface area contributed by atoms with Crippen molar-refractivity contribution in [3.8, 4) is 0 Å². The van der Waals surface area contributed by atoms with Crippen LogP contribution in [0.25, 0.3) is 0 Å². The second kappa shape index (κ2) is 12.7. The number of halogens is 5. The van der Waals surface area contributed by atoms with Gasteiger partial charge in [-0.15, -0.1) is 0 Å². The molecule has 0 bridgehead atoms. The van der Waals surface area contributed by atoms with Gasteiger partial charge in [0.25, 0.3) is 0 Å². The van der Waals surface area contributed by atoms with Gasteiger partial charge in [0, 0.05) is 28.7 Å². The van der Waals surface area contributed by atoms with Crippen molar-refractivity contribution in [1.29, 1.82) is 0 Å². The van der Waals surface area contributed by atoms with E-state index < -0.39 is 34.4 Å². The average molecular weight is 604 g/mol. The first-order valence-electron chi connectivity index (χ1n) is 10.4. The largest absolute Gasteiger partial charge is 0.354 e. The van der Waals surface area contributed by atoms with Crippen LogP contribution in [-0.2, 0) is 26.2 Å². The van der Waals surface area contributed by atoms with Gasteiger partial charge in [0.15, 0.2) is 0 Å². The van der Waals surface area contributed by atoms with Gasteiger partial charge in [-0.3, -0.25) is 13.9 Å². The van der Waals surface area contributed by atoms with Crippen molar-refractivity contribution < 1.29 is 18.0 Å². The van der Waals surface area contributed by atoms with Crippen molar-refractivity contribution in [2.45, 2.75) is 32.9 Å². The smallest absolute Gasteiger partial charge is 0.244 e. The maximum absolute atomic E-state index is 13.5. The Hall–Kier alpha value is -1.42. The van der Waals surface area contributed by atoms with Gasteiger partial charge in [0.2, 0.25) is 21.8 Å². The summed E-state index contributed by atoms with van der Waals surface area (Å²) >= 11 is 30.9. The summed E-state index contributed by atoms with van der Waals surface area (Å²) in [6.45, 7) is 3.04. The van der Waals surface area contributed by atoms with Gasteiger partial charge in [-0.05, 0) is 37.6 Å². The Morgan fingerprint density at radius 1 is 0.971 bits per heavy atom. The van der Waals surface area contributed by atoms with Gasteiger partial charge in [0.1, 0.15) is 12.6 Å². The molecule has 1 atom stereocenters. The fourth-order valence-electron chi connectivity index (χ4n) is 3.13. The van der Waals surface area contributed by atoms with E-state index in [1.807, 2.05) is 6.92 Å². The summed E-state index contributed by atoms with van der Waals surface area (Å²) in [7, 11) is -4.00. The number of rotatable bonds is 10. The lowest BCUT2D eigenvalue weighted by Gasteiger charge is -2.32. The first-order chi connectivity index (χ1) is 16.3. The number of carbonyl (C=O) groups is 2. The maximum atomic E-state index is 13.5. The molecule has 2 aromatic rings. The maximum Gasteiger partial charge on any atom is 0.244 e. The minimum absolute atomic E-state index is 0.0212. The Labute approximate surface area is 230 Å². The summed E-state index contributed by atoms with van der Waals surface area (Å²) in [6.07, 6.45) is 1.62. The minimum atomic E-state index is -4.00. The van der Waals surface area contributed by atoms with Crippen molar-refractivity contribution in [3.63, 3.8) is 0 Å². The van der Waals surface area contributed by atoms with Crippen LogP contribution in [0.15, 0.2) is 30.3 Å². The predicted octanol–water partition coefficient (Wildman–Crippen LogP) is 5.66. The van der Waals surface area contributed by atoms with E-state index in [2.05, 4.69) is 5.32 Å². The molecule has 192 valence electrons. The van der Waals surface area contributed by atoms with Crippen LogP contribution >= 0.6 is 58.0 Å². The number of nitrogens with zero attached hydrogens (tertiary/aromatic N) is 2. The van der Waals surface area contributed by atoms with Crippen molar-refractivity contribution >= 4 is 85.5 Å². The number of hydrogen-bond donors (Lipinski definition) is 1. The molecule has 0 spiro atoms. The van der Waals surface area contributed by atoms with E-state index in [0.29, 0.717) is 28.6 Å². The highest BCUT2D eigenvalue weighted by Gasteiger charge is 2.31. The number of amides is 2. The lowest BCUT2D eigenvalue weighted by Crippen LogP contribution is -2.51. The van der Waals surface area contributed by atoms with Gasteiger partial charge in [-0.2, -0.15) is 0 Å². The van der Waals surface area contributed by atoms with E-state index in [-0.39, 0.29) is 27.3 Å². The number of anilines is 1. The molecule has 0 aromatic heterocycles. The van der Waals surface area contributed by atoms with Crippen LogP contribution in [0.3, 0.4) is 0 Å². The van der Waals surface area contributed by atoms with Crippen molar-refractivity contribution in [1.82, 2.24) is 10.2 Å². The van der Waals surface area contributed by atoms with E-state index in [1.165, 1.54) is 24.0 Å². The Bertz CT molecular complexity index is 1190. The topological polar surface area (TPSA) is 86.8 Å². The molecule has 1 N–H and O–H groups in total. The van der Waals surface area contributed by atoms with E-state index in [0.717, 1.165) is 10.6 Å². The highest BCUT2D eigenvalue weighted by atomic mass is 35.5. The Morgan fingerprint density at radius 2 is 1.54 bits per heavy atom. The summed E-state index contributed by atoms with van der Waals surface area (Å²) in [5.74, 6) is -1.10. The van der Waals surface area contributed by atoms with Gasteiger partial charge >= 0.3 is 0 Å². The molecule has 0 fully saturated rings. The zero-order chi connectivity index (χ0) is 26.5. The standard InChI is InChI=1S/C22H24Cl5N3O4S/c1-4-8-28-22(32)13(2)29(11-14-15(23)6-5-7-16(14)24)21(31)12-30(35(3,33)34)20-10-18(26)17(25)9-19(20)27/h5-7,9-10,13H,4,8,11-12H2,1-3H3,(H,28,32)/t13-/m0/s1. The van der Waals surface area contributed by atoms with Crippen LogP contribution in [0.1, 0.15) is 25.8 Å². The first-order valence-corrected chi connectivity index (χ1v) is 14.1. The van der Waals surface area contributed by atoms with Gasteiger partial charge in [0.05, 0.1) is 27.0 Å². The van der Waals surface area contributed by atoms with E-state index in [9.17, 15) is 18.0 Å². The lowest BCUT2D eigenvalue weighted by atomic mass is 10.1. The highest BCUT2D eigenvalue weighted by molar-refractivity contribution is 7.92. The zero-order valence-electron chi connectivity index (χ0n) is 19.1. The molecular formula is C22H24Cl5N3O4S. The monoisotopic (exact) mass is 601 g/mol. The molecule has 0 heterocycles. The summed E-state index contributed by atoms with van der Waals surface area (Å²) in [5.41, 5.74) is 0.383. The SMILES string of the molecule is CCCNC(=O)[C@H](C)N(Cc1c(Cl)cccc1Cl)C(=O)CN(c1cc(Cl)c(Cl)cc1Cl)S(C)(=O)=O. The fraction of sp³-hybridized carbons (Fsp3) is 0.364. The predicted molar refractivity (Wildman–Crippen MR) is 143 cm³/mol. The number of sulfonamides is 1. The van der Waals surface area contributed by atoms with Crippen molar-refractivity contribution in [3.05, 3.63) is 61.0 Å². The van der Waals surface area contributed by atoms with E-state index >= 15 is 0 Å². The van der Waals surface area contributed by atoms with Crippen LogP contribution in [0, 0.1) is 0 Å². The first kappa shape index (κ1) is 29.8. The van der Waals surface area contributed by atoms with Crippen LogP contribution in [-0.4, -0.2) is 50.5 Å². The molecule has 13 heteroatoms. The Kier molecular flexibility index (Phi) is 10.8. The quantitative estimate of drug-likeness (QED) is 0.355.